The predicted octanol–water partition coefficient (Wildman–Crippen LogP) is 1.33. The lowest BCUT2D eigenvalue weighted by atomic mass is 9.85. The normalized spacial score (nSPS) is 26.4. The van der Waals surface area contributed by atoms with Gasteiger partial charge in [0.25, 0.3) is 0 Å². The molecule has 0 N–H and O–H groups in total. The number of likely N-dealkylation sites (tertiary alicyclic amines) is 2. The predicted molar refractivity (Wildman–Crippen MR) is 111 cm³/mol. The zero-order valence-corrected chi connectivity index (χ0v) is 17.3. The monoisotopic (exact) mass is 397 g/mol. The fourth-order valence-electron chi connectivity index (χ4n) is 5.28. The third-order valence-corrected chi connectivity index (χ3v) is 7.03. The average Bonchev–Trinajstić information content (AvgIpc) is 3.40. The van der Waals surface area contributed by atoms with Gasteiger partial charge < -0.3 is 9.64 Å². The Labute approximate surface area is 172 Å². The van der Waals surface area contributed by atoms with Crippen LogP contribution in [0.2, 0.25) is 0 Å². The molecule has 7 heteroatoms. The van der Waals surface area contributed by atoms with Crippen LogP contribution < -0.4 is 0 Å². The number of aryl methyl sites for hydroxylation is 1. The van der Waals surface area contributed by atoms with Gasteiger partial charge in [-0.1, -0.05) is 18.2 Å². The summed E-state index contributed by atoms with van der Waals surface area (Å²) in [5, 5.41) is 5.97. The Morgan fingerprint density at radius 3 is 2.69 bits per heavy atom. The van der Waals surface area contributed by atoms with Gasteiger partial charge in [-0.15, -0.1) is 0 Å². The van der Waals surface area contributed by atoms with Crippen molar-refractivity contribution in [1.82, 2.24) is 24.5 Å². The van der Waals surface area contributed by atoms with Gasteiger partial charge in [0.1, 0.15) is 0 Å². The van der Waals surface area contributed by atoms with E-state index in [1.54, 1.807) is 0 Å². The van der Waals surface area contributed by atoms with E-state index in [1.807, 2.05) is 11.7 Å². The van der Waals surface area contributed by atoms with Gasteiger partial charge in [-0.2, -0.15) is 5.10 Å². The van der Waals surface area contributed by atoms with Gasteiger partial charge in [-0.05, 0) is 25.5 Å². The number of aromatic nitrogens is 2. The van der Waals surface area contributed by atoms with Crippen molar-refractivity contribution in [1.29, 1.82) is 0 Å². The number of hydrogen-bond acceptors (Lipinski definition) is 5. The SMILES string of the molecule is Cn1nc(CN2CCC3(CCN(CCN4CCOCC4)C3=O)C2)c2ccccc21. The fourth-order valence-corrected chi connectivity index (χ4v) is 5.28. The third kappa shape index (κ3) is 3.56. The minimum atomic E-state index is -0.171. The lowest BCUT2D eigenvalue weighted by Gasteiger charge is -2.29. The molecule has 7 nitrogen and oxygen atoms in total. The van der Waals surface area contributed by atoms with Gasteiger partial charge in [-0.3, -0.25) is 19.3 Å². The Balaban J connectivity index is 1.21. The largest absolute Gasteiger partial charge is 0.379 e. The van der Waals surface area contributed by atoms with Crippen molar-refractivity contribution in [3.63, 3.8) is 0 Å². The summed E-state index contributed by atoms with van der Waals surface area (Å²) in [6, 6.07) is 8.40. The molecule has 1 atom stereocenters. The number of carbonyl (C=O) groups excluding carboxylic acids is 1. The van der Waals surface area contributed by atoms with E-state index >= 15 is 0 Å². The summed E-state index contributed by atoms with van der Waals surface area (Å²) < 4.78 is 7.39. The minimum Gasteiger partial charge on any atom is -0.379 e. The molecule has 4 heterocycles. The number of morpholine rings is 1. The van der Waals surface area contributed by atoms with E-state index < -0.39 is 0 Å². The highest BCUT2D eigenvalue weighted by Crippen LogP contribution is 2.41. The van der Waals surface area contributed by atoms with E-state index in [0.717, 1.165) is 84.1 Å². The summed E-state index contributed by atoms with van der Waals surface area (Å²) in [6.07, 6.45) is 1.97. The summed E-state index contributed by atoms with van der Waals surface area (Å²) in [5.74, 6) is 0.374. The fraction of sp³-hybridized carbons (Fsp3) is 0.636. The van der Waals surface area contributed by atoms with Crippen LogP contribution in [0.25, 0.3) is 10.9 Å². The standard InChI is InChI=1S/C22H31N5O2/c1-24-20-5-3-2-4-18(20)19(23-24)16-26-8-6-22(17-26)7-9-27(21(22)28)11-10-25-12-14-29-15-13-25/h2-5H,6-17H2,1H3. The number of benzene rings is 1. The Hall–Kier alpha value is -1.96. The van der Waals surface area contributed by atoms with E-state index in [-0.39, 0.29) is 5.41 Å². The van der Waals surface area contributed by atoms with Gasteiger partial charge in [0.15, 0.2) is 0 Å². The average molecular weight is 398 g/mol. The maximum absolute atomic E-state index is 13.3. The van der Waals surface area contributed by atoms with Crippen molar-refractivity contribution in [2.75, 3.05) is 59.0 Å². The van der Waals surface area contributed by atoms with Crippen molar-refractivity contribution in [2.45, 2.75) is 19.4 Å². The maximum atomic E-state index is 13.3. The molecule has 1 aromatic carbocycles. The molecule has 29 heavy (non-hydrogen) atoms. The molecule has 3 aliphatic rings. The van der Waals surface area contributed by atoms with E-state index in [2.05, 4.69) is 39.0 Å². The highest BCUT2D eigenvalue weighted by atomic mass is 16.5. The number of amides is 1. The first-order chi connectivity index (χ1) is 14.1. The molecular weight excluding hydrogens is 366 g/mol. The second-order valence-corrected chi connectivity index (χ2v) is 8.82. The van der Waals surface area contributed by atoms with Gasteiger partial charge in [0.2, 0.25) is 5.91 Å². The number of para-hydroxylation sites is 1. The molecular formula is C22H31N5O2. The Bertz CT molecular complexity index is 890. The van der Waals surface area contributed by atoms with Crippen molar-refractivity contribution >= 4 is 16.8 Å². The van der Waals surface area contributed by atoms with E-state index in [9.17, 15) is 4.79 Å². The molecule has 1 amide bonds. The quantitative estimate of drug-likeness (QED) is 0.762. The highest BCUT2D eigenvalue weighted by Gasteiger charge is 2.50. The molecule has 3 saturated heterocycles. The first-order valence-corrected chi connectivity index (χ1v) is 10.9. The zero-order valence-electron chi connectivity index (χ0n) is 17.3. The van der Waals surface area contributed by atoms with Crippen LogP contribution >= 0.6 is 0 Å². The molecule has 0 aliphatic carbocycles. The molecule has 3 aliphatic heterocycles. The van der Waals surface area contributed by atoms with Gasteiger partial charge in [0.05, 0.1) is 29.8 Å². The molecule has 1 spiro atoms. The highest BCUT2D eigenvalue weighted by molar-refractivity contribution is 5.85. The van der Waals surface area contributed by atoms with Crippen LogP contribution in [0.1, 0.15) is 18.5 Å². The van der Waals surface area contributed by atoms with E-state index in [0.29, 0.717) is 5.91 Å². The van der Waals surface area contributed by atoms with Crippen molar-refractivity contribution in [3.05, 3.63) is 30.0 Å². The van der Waals surface area contributed by atoms with Crippen molar-refractivity contribution in [2.24, 2.45) is 12.5 Å². The van der Waals surface area contributed by atoms with Crippen LogP contribution in [0.3, 0.4) is 0 Å². The van der Waals surface area contributed by atoms with Gasteiger partial charge in [0, 0.05) is 58.2 Å². The minimum absolute atomic E-state index is 0.171. The van der Waals surface area contributed by atoms with Crippen molar-refractivity contribution < 1.29 is 9.53 Å². The van der Waals surface area contributed by atoms with E-state index in [4.69, 9.17) is 9.84 Å². The van der Waals surface area contributed by atoms with Crippen LogP contribution in [0, 0.1) is 5.41 Å². The number of nitrogens with zero attached hydrogens (tertiary/aromatic N) is 5. The molecule has 156 valence electrons. The number of fused-ring (bicyclic) bond motifs is 1. The summed E-state index contributed by atoms with van der Waals surface area (Å²) >= 11 is 0. The molecule has 0 saturated carbocycles. The molecule has 0 radical (unpaired) electrons. The first kappa shape index (κ1) is 19.0. The number of carbonyl (C=O) groups is 1. The van der Waals surface area contributed by atoms with Crippen LogP contribution in [-0.2, 0) is 23.1 Å². The lowest BCUT2D eigenvalue weighted by Crippen LogP contribution is -2.43. The molecule has 1 aromatic heterocycles. The zero-order chi connectivity index (χ0) is 19.8. The Kier molecular flexibility index (Phi) is 5.05. The Morgan fingerprint density at radius 2 is 1.83 bits per heavy atom. The van der Waals surface area contributed by atoms with Crippen LogP contribution in [0.15, 0.2) is 24.3 Å². The topological polar surface area (TPSA) is 53.8 Å². The van der Waals surface area contributed by atoms with E-state index in [1.165, 1.54) is 10.9 Å². The summed E-state index contributed by atoms with van der Waals surface area (Å²) in [6.45, 7) is 8.99. The first-order valence-electron chi connectivity index (χ1n) is 10.9. The maximum Gasteiger partial charge on any atom is 0.230 e. The molecule has 1 unspecified atom stereocenters. The number of ether oxygens (including phenoxy) is 1. The second kappa shape index (κ2) is 7.70. The van der Waals surface area contributed by atoms with Crippen LogP contribution in [0.5, 0.6) is 0 Å². The summed E-state index contributed by atoms with van der Waals surface area (Å²) in [5.41, 5.74) is 2.12. The van der Waals surface area contributed by atoms with Crippen LogP contribution in [0.4, 0.5) is 0 Å². The summed E-state index contributed by atoms with van der Waals surface area (Å²) in [7, 11) is 2.00. The summed E-state index contributed by atoms with van der Waals surface area (Å²) in [4.78, 5) is 20.2. The van der Waals surface area contributed by atoms with Gasteiger partial charge in [-0.25, -0.2) is 0 Å². The smallest absolute Gasteiger partial charge is 0.230 e. The van der Waals surface area contributed by atoms with Crippen LogP contribution in [-0.4, -0.2) is 89.4 Å². The lowest BCUT2D eigenvalue weighted by molar-refractivity contribution is -0.135. The molecule has 5 rings (SSSR count). The molecule has 3 fully saturated rings. The molecule has 0 bridgehead atoms. The second-order valence-electron chi connectivity index (χ2n) is 8.82. The number of rotatable bonds is 5. The Morgan fingerprint density at radius 1 is 1.03 bits per heavy atom. The van der Waals surface area contributed by atoms with Crippen molar-refractivity contribution in [3.8, 4) is 0 Å². The number of hydrogen-bond donors (Lipinski definition) is 0. The van der Waals surface area contributed by atoms with Gasteiger partial charge >= 0.3 is 0 Å². The molecule has 2 aromatic rings. The third-order valence-electron chi connectivity index (χ3n) is 7.03.